The van der Waals surface area contributed by atoms with E-state index in [1.807, 2.05) is 12.1 Å². The lowest BCUT2D eigenvalue weighted by atomic mass is 10.0. The largest absolute Gasteiger partial charge is 0.324 e. The molecule has 2 aliphatic carbocycles. The summed E-state index contributed by atoms with van der Waals surface area (Å²) in [5.41, 5.74) is 1.34. The van der Waals surface area contributed by atoms with Crippen LogP contribution in [-0.4, -0.2) is 20.7 Å². The van der Waals surface area contributed by atoms with Crippen LogP contribution in [0.25, 0.3) is 5.69 Å². The highest BCUT2D eigenvalue weighted by Gasteiger charge is 2.48. The Bertz CT molecular complexity index is 675. The SMILES string of the molecule is O=C(Nc1cccc(Cl)c1-n1cncn1)C1CC2CC2C1. The first kappa shape index (κ1) is 12.8. The maximum atomic E-state index is 12.4. The van der Waals surface area contributed by atoms with Gasteiger partial charge in [-0.1, -0.05) is 17.7 Å². The predicted octanol–water partition coefficient (Wildman–Crippen LogP) is 2.91. The van der Waals surface area contributed by atoms with E-state index in [0.29, 0.717) is 16.4 Å². The third-order valence-corrected chi connectivity index (χ3v) is 4.81. The molecule has 2 fully saturated rings. The van der Waals surface area contributed by atoms with Crippen molar-refractivity contribution in [2.45, 2.75) is 19.3 Å². The molecule has 2 saturated carbocycles. The number of anilines is 1. The van der Waals surface area contributed by atoms with Crippen LogP contribution in [0.1, 0.15) is 19.3 Å². The molecule has 108 valence electrons. The van der Waals surface area contributed by atoms with E-state index in [1.54, 1.807) is 17.1 Å². The van der Waals surface area contributed by atoms with Crippen LogP contribution >= 0.6 is 11.6 Å². The minimum atomic E-state index is 0.0887. The third kappa shape index (κ3) is 2.31. The minimum Gasteiger partial charge on any atom is -0.324 e. The van der Waals surface area contributed by atoms with Crippen molar-refractivity contribution < 1.29 is 4.79 Å². The number of amides is 1. The van der Waals surface area contributed by atoms with Gasteiger partial charge in [-0.3, -0.25) is 4.79 Å². The number of aromatic nitrogens is 3. The van der Waals surface area contributed by atoms with Gasteiger partial charge in [-0.05, 0) is 43.2 Å². The van der Waals surface area contributed by atoms with Gasteiger partial charge in [-0.15, -0.1) is 0 Å². The summed E-state index contributed by atoms with van der Waals surface area (Å²) < 4.78 is 1.57. The summed E-state index contributed by atoms with van der Waals surface area (Å²) in [7, 11) is 0. The molecule has 5 nitrogen and oxygen atoms in total. The summed E-state index contributed by atoms with van der Waals surface area (Å²) in [6.07, 6.45) is 6.37. The molecular formula is C15H15ClN4O. The lowest BCUT2D eigenvalue weighted by molar-refractivity contribution is -0.120. The summed E-state index contributed by atoms with van der Waals surface area (Å²) >= 11 is 6.25. The van der Waals surface area contributed by atoms with Crippen molar-refractivity contribution in [1.29, 1.82) is 0 Å². The number of carbonyl (C=O) groups excluding carboxylic acids is 1. The van der Waals surface area contributed by atoms with Crippen LogP contribution in [0.3, 0.4) is 0 Å². The maximum absolute atomic E-state index is 12.4. The van der Waals surface area contributed by atoms with Crippen LogP contribution in [0.2, 0.25) is 5.02 Å². The van der Waals surface area contributed by atoms with Gasteiger partial charge in [0.25, 0.3) is 0 Å². The lowest BCUT2D eigenvalue weighted by Crippen LogP contribution is -2.22. The highest BCUT2D eigenvalue weighted by Crippen LogP contribution is 2.54. The van der Waals surface area contributed by atoms with Gasteiger partial charge in [0.1, 0.15) is 18.3 Å². The number of hydrogen-bond donors (Lipinski definition) is 1. The van der Waals surface area contributed by atoms with Crippen molar-refractivity contribution in [3.8, 4) is 5.69 Å². The van der Waals surface area contributed by atoms with E-state index in [1.165, 1.54) is 12.7 Å². The smallest absolute Gasteiger partial charge is 0.227 e. The van der Waals surface area contributed by atoms with Gasteiger partial charge < -0.3 is 5.32 Å². The van der Waals surface area contributed by atoms with Crippen molar-refractivity contribution in [3.05, 3.63) is 35.9 Å². The molecule has 0 spiro atoms. The van der Waals surface area contributed by atoms with Gasteiger partial charge in [0, 0.05) is 5.92 Å². The molecule has 1 aromatic carbocycles. The Balaban J connectivity index is 1.60. The Morgan fingerprint density at radius 2 is 2.10 bits per heavy atom. The molecule has 0 bridgehead atoms. The average molecular weight is 303 g/mol. The summed E-state index contributed by atoms with van der Waals surface area (Å²) in [4.78, 5) is 16.3. The topological polar surface area (TPSA) is 59.8 Å². The second-order valence-electron chi connectivity index (χ2n) is 5.89. The van der Waals surface area contributed by atoms with Gasteiger partial charge in [0.05, 0.1) is 10.7 Å². The molecule has 1 amide bonds. The van der Waals surface area contributed by atoms with Gasteiger partial charge in [-0.25, -0.2) is 9.67 Å². The Labute approximate surface area is 127 Å². The van der Waals surface area contributed by atoms with Crippen molar-refractivity contribution in [3.63, 3.8) is 0 Å². The number of hydrogen-bond acceptors (Lipinski definition) is 3. The van der Waals surface area contributed by atoms with Gasteiger partial charge in [-0.2, -0.15) is 5.10 Å². The molecule has 4 rings (SSSR count). The molecule has 0 saturated heterocycles. The van der Waals surface area contributed by atoms with Gasteiger partial charge in [0.2, 0.25) is 5.91 Å². The van der Waals surface area contributed by atoms with E-state index in [-0.39, 0.29) is 11.8 Å². The lowest BCUT2D eigenvalue weighted by Gasteiger charge is -2.15. The number of nitrogens with one attached hydrogen (secondary N) is 1. The molecule has 6 heteroatoms. The first-order valence-corrected chi connectivity index (χ1v) is 7.54. The fraction of sp³-hybridized carbons (Fsp3) is 0.400. The molecule has 0 radical (unpaired) electrons. The average Bonchev–Trinajstić information content (AvgIpc) is 2.91. The number of nitrogens with zero attached hydrogens (tertiary/aromatic N) is 3. The molecule has 1 aromatic heterocycles. The Morgan fingerprint density at radius 3 is 2.81 bits per heavy atom. The van der Waals surface area contributed by atoms with Crippen LogP contribution in [0.5, 0.6) is 0 Å². The summed E-state index contributed by atoms with van der Waals surface area (Å²) in [5.74, 6) is 1.80. The van der Waals surface area contributed by atoms with Crippen molar-refractivity contribution in [2.75, 3.05) is 5.32 Å². The Morgan fingerprint density at radius 1 is 1.29 bits per heavy atom. The monoisotopic (exact) mass is 302 g/mol. The van der Waals surface area contributed by atoms with Crippen molar-refractivity contribution in [1.82, 2.24) is 14.8 Å². The molecule has 2 atom stereocenters. The van der Waals surface area contributed by atoms with E-state index in [0.717, 1.165) is 24.7 Å². The summed E-state index contributed by atoms with van der Waals surface area (Å²) in [6.45, 7) is 0. The number of fused-ring (bicyclic) bond motifs is 1. The molecule has 2 unspecified atom stereocenters. The number of para-hydroxylation sites is 1. The van der Waals surface area contributed by atoms with E-state index >= 15 is 0 Å². The van der Waals surface area contributed by atoms with Gasteiger partial charge >= 0.3 is 0 Å². The highest BCUT2D eigenvalue weighted by atomic mass is 35.5. The molecule has 0 aliphatic heterocycles. The normalized spacial score (nSPS) is 26.4. The van der Waals surface area contributed by atoms with E-state index in [9.17, 15) is 4.79 Å². The number of halogens is 1. The van der Waals surface area contributed by atoms with Crippen molar-refractivity contribution >= 4 is 23.2 Å². The first-order chi connectivity index (χ1) is 10.2. The molecule has 2 aromatic rings. The van der Waals surface area contributed by atoms with Crippen LogP contribution in [0.15, 0.2) is 30.9 Å². The first-order valence-electron chi connectivity index (χ1n) is 7.17. The van der Waals surface area contributed by atoms with E-state index in [4.69, 9.17) is 11.6 Å². The van der Waals surface area contributed by atoms with Crippen molar-refractivity contribution in [2.24, 2.45) is 17.8 Å². The zero-order chi connectivity index (χ0) is 14.4. The zero-order valence-corrected chi connectivity index (χ0v) is 12.1. The minimum absolute atomic E-state index is 0.0887. The second-order valence-corrected chi connectivity index (χ2v) is 6.30. The predicted molar refractivity (Wildman–Crippen MR) is 79.3 cm³/mol. The quantitative estimate of drug-likeness (QED) is 0.948. The van der Waals surface area contributed by atoms with Crippen LogP contribution in [0, 0.1) is 17.8 Å². The van der Waals surface area contributed by atoms with Crippen LogP contribution in [-0.2, 0) is 4.79 Å². The van der Waals surface area contributed by atoms with Crippen LogP contribution in [0.4, 0.5) is 5.69 Å². The number of rotatable bonds is 3. The summed E-state index contributed by atoms with van der Waals surface area (Å²) in [6, 6.07) is 5.44. The zero-order valence-electron chi connectivity index (χ0n) is 11.4. The Kier molecular flexibility index (Phi) is 2.96. The van der Waals surface area contributed by atoms with E-state index in [2.05, 4.69) is 15.4 Å². The standard InChI is InChI=1S/C15H15ClN4O/c16-12-2-1-3-13(14(12)20-8-17-7-18-20)19-15(21)11-5-9-4-10(9)6-11/h1-3,7-11H,4-6H2,(H,19,21). The molecular weight excluding hydrogens is 288 g/mol. The third-order valence-electron chi connectivity index (χ3n) is 4.51. The van der Waals surface area contributed by atoms with Gasteiger partial charge in [0.15, 0.2) is 0 Å². The Hall–Kier alpha value is -1.88. The molecule has 1 heterocycles. The number of benzene rings is 1. The van der Waals surface area contributed by atoms with Crippen LogP contribution < -0.4 is 5.32 Å². The second kappa shape index (κ2) is 4.84. The fourth-order valence-electron chi connectivity index (χ4n) is 3.34. The molecule has 21 heavy (non-hydrogen) atoms. The fourth-order valence-corrected chi connectivity index (χ4v) is 3.60. The molecule has 2 aliphatic rings. The maximum Gasteiger partial charge on any atom is 0.227 e. The van der Waals surface area contributed by atoms with E-state index < -0.39 is 0 Å². The highest BCUT2D eigenvalue weighted by molar-refractivity contribution is 6.33. The summed E-state index contributed by atoms with van der Waals surface area (Å²) in [5, 5.41) is 7.65. The molecule has 1 N–H and O–H groups in total. The number of carbonyl (C=O) groups is 1.